The Morgan fingerprint density at radius 3 is 2.68 bits per heavy atom. The van der Waals surface area contributed by atoms with Crippen LogP contribution in [-0.4, -0.2) is 33.8 Å². The normalized spacial score (nSPS) is 11.4. The van der Waals surface area contributed by atoms with Crippen LogP contribution < -0.4 is 0 Å². The Morgan fingerprint density at radius 1 is 1.37 bits per heavy atom. The molecule has 5 nitrogen and oxygen atoms in total. The van der Waals surface area contributed by atoms with Gasteiger partial charge >= 0.3 is 0 Å². The Balaban J connectivity index is 2.61. The largest absolute Gasteiger partial charge is 0.493 e. The van der Waals surface area contributed by atoms with Crippen molar-refractivity contribution in [3.8, 4) is 5.88 Å². The lowest BCUT2D eigenvalue weighted by Crippen LogP contribution is -2.16. The number of aromatic nitrogens is 1. The Morgan fingerprint density at radius 2 is 2.05 bits per heavy atom. The molecule has 2 aromatic rings. The summed E-state index contributed by atoms with van der Waals surface area (Å²) in [6.45, 7) is 1.98. The molecular weight excluding hydrogens is 260 g/mol. The van der Waals surface area contributed by atoms with Crippen molar-refractivity contribution < 1.29 is 5.11 Å². The average molecular weight is 276 g/mol. The maximum Gasteiger partial charge on any atom is 0.220 e. The molecule has 1 aromatic heterocycles. The van der Waals surface area contributed by atoms with E-state index in [-0.39, 0.29) is 5.88 Å². The lowest BCUT2D eigenvalue weighted by Gasteiger charge is -2.06. The quantitative estimate of drug-likeness (QED) is 0.643. The topological polar surface area (TPSA) is 53.1 Å². The van der Waals surface area contributed by atoms with Crippen molar-refractivity contribution in [3.63, 3.8) is 0 Å². The van der Waals surface area contributed by atoms with Crippen molar-refractivity contribution in [1.29, 1.82) is 0 Å². The molecule has 0 aliphatic rings. The Kier molecular flexibility index (Phi) is 3.53. The third-order valence-corrected chi connectivity index (χ3v) is 3.44. The van der Waals surface area contributed by atoms with Crippen LogP contribution in [0.4, 0.5) is 5.69 Å². The highest BCUT2D eigenvalue weighted by atomic mass is 32.1. The molecule has 100 valence electrons. The SMILES string of the molecule is Cc1cccc2c1c(N=NC(=S)N(C)C)c(O)n2C. The van der Waals surface area contributed by atoms with Gasteiger partial charge in [0.15, 0.2) is 5.69 Å². The highest BCUT2D eigenvalue weighted by Gasteiger charge is 2.15. The number of hydrogen-bond donors (Lipinski definition) is 1. The van der Waals surface area contributed by atoms with E-state index >= 15 is 0 Å². The minimum absolute atomic E-state index is 0.0922. The van der Waals surface area contributed by atoms with Gasteiger partial charge in [-0.2, -0.15) is 0 Å². The molecule has 0 unspecified atom stereocenters. The van der Waals surface area contributed by atoms with Gasteiger partial charge in [-0.1, -0.05) is 12.1 Å². The van der Waals surface area contributed by atoms with E-state index in [9.17, 15) is 5.11 Å². The second-order valence-electron chi connectivity index (χ2n) is 4.58. The van der Waals surface area contributed by atoms with Crippen LogP contribution in [0.1, 0.15) is 5.56 Å². The smallest absolute Gasteiger partial charge is 0.220 e. The number of thiocarbonyl (C=S) groups is 1. The van der Waals surface area contributed by atoms with E-state index in [0.29, 0.717) is 10.8 Å². The van der Waals surface area contributed by atoms with Gasteiger partial charge in [-0.3, -0.25) is 0 Å². The first-order valence-corrected chi connectivity index (χ1v) is 6.24. The van der Waals surface area contributed by atoms with E-state index in [0.717, 1.165) is 16.5 Å². The fourth-order valence-corrected chi connectivity index (χ4v) is 1.94. The van der Waals surface area contributed by atoms with Gasteiger partial charge in [-0.15, -0.1) is 10.2 Å². The third-order valence-electron chi connectivity index (χ3n) is 3.00. The maximum absolute atomic E-state index is 10.1. The van der Waals surface area contributed by atoms with Gasteiger partial charge in [0.25, 0.3) is 0 Å². The molecule has 1 aromatic carbocycles. The molecule has 0 aliphatic carbocycles. The van der Waals surface area contributed by atoms with E-state index in [1.165, 1.54) is 0 Å². The molecular formula is C13H16N4OS. The highest BCUT2D eigenvalue weighted by Crippen LogP contribution is 2.39. The maximum atomic E-state index is 10.1. The number of rotatable bonds is 1. The minimum atomic E-state index is 0.0922. The Hall–Kier alpha value is -1.95. The van der Waals surface area contributed by atoms with Crippen LogP contribution in [0, 0.1) is 6.92 Å². The fourth-order valence-electron chi connectivity index (χ4n) is 1.90. The van der Waals surface area contributed by atoms with Gasteiger partial charge in [0, 0.05) is 26.5 Å². The average Bonchev–Trinajstić information content (AvgIpc) is 2.61. The predicted molar refractivity (Wildman–Crippen MR) is 80.1 cm³/mol. The van der Waals surface area contributed by atoms with Crippen LogP contribution in [0.5, 0.6) is 5.88 Å². The first-order chi connectivity index (χ1) is 8.93. The van der Waals surface area contributed by atoms with Crippen LogP contribution in [0.3, 0.4) is 0 Å². The van der Waals surface area contributed by atoms with Crippen molar-refractivity contribution >= 4 is 33.9 Å². The molecule has 0 saturated carbocycles. The van der Waals surface area contributed by atoms with E-state index in [2.05, 4.69) is 10.2 Å². The van der Waals surface area contributed by atoms with Gasteiger partial charge in [-0.25, -0.2) is 0 Å². The molecule has 1 heterocycles. The van der Waals surface area contributed by atoms with E-state index in [1.54, 1.807) is 30.6 Å². The van der Waals surface area contributed by atoms with Crippen molar-refractivity contribution in [1.82, 2.24) is 9.47 Å². The van der Waals surface area contributed by atoms with Crippen molar-refractivity contribution in [3.05, 3.63) is 23.8 Å². The zero-order chi connectivity index (χ0) is 14.2. The number of aromatic hydroxyl groups is 1. The van der Waals surface area contributed by atoms with Crippen LogP contribution in [0.15, 0.2) is 28.4 Å². The summed E-state index contributed by atoms with van der Waals surface area (Å²) >= 11 is 5.06. The zero-order valence-electron chi connectivity index (χ0n) is 11.4. The number of benzene rings is 1. The van der Waals surface area contributed by atoms with Crippen LogP contribution in [0.25, 0.3) is 10.9 Å². The Bertz CT molecular complexity index is 673. The van der Waals surface area contributed by atoms with Crippen molar-refractivity contribution in [2.24, 2.45) is 17.3 Å². The molecule has 0 bridgehead atoms. The number of fused-ring (bicyclic) bond motifs is 1. The summed E-state index contributed by atoms with van der Waals surface area (Å²) in [5, 5.41) is 19.5. The lowest BCUT2D eigenvalue weighted by molar-refractivity contribution is 0.436. The molecule has 0 amide bonds. The number of aryl methyl sites for hydroxylation is 2. The first-order valence-electron chi connectivity index (χ1n) is 5.83. The number of nitrogens with zero attached hydrogens (tertiary/aromatic N) is 4. The molecule has 1 N–H and O–H groups in total. The second kappa shape index (κ2) is 4.97. The van der Waals surface area contributed by atoms with Crippen LogP contribution >= 0.6 is 12.2 Å². The summed E-state index contributed by atoms with van der Waals surface area (Å²) in [6, 6.07) is 5.86. The molecule has 0 spiro atoms. The van der Waals surface area contributed by atoms with Gasteiger partial charge in [0.1, 0.15) is 0 Å². The van der Waals surface area contributed by atoms with Gasteiger partial charge < -0.3 is 14.6 Å². The molecule has 19 heavy (non-hydrogen) atoms. The molecule has 0 aliphatic heterocycles. The predicted octanol–water partition coefficient (Wildman–Crippen LogP) is 3.12. The molecule has 2 rings (SSSR count). The summed E-state index contributed by atoms with van der Waals surface area (Å²) in [7, 11) is 5.39. The summed E-state index contributed by atoms with van der Waals surface area (Å²) in [6.07, 6.45) is 0. The summed E-state index contributed by atoms with van der Waals surface area (Å²) in [5.41, 5.74) is 2.42. The first kappa shape index (κ1) is 13.5. The van der Waals surface area contributed by atoms with E-state index < -0.39 is 0 Å². The standard InChI is InChI=1S/C13H16N4OS/c1-8-6-5-7-9-10(8)11(12(18)17(9)4)14-15-13(19)16(2)3/h5-7,18H,1-4H3. The molecule has 0 atom stereocenters. The van der Waals surface area contributed by atoms with Gasteiger partial charge in [-0.05, 0) is 30.8 Å². The minimum Gasteiger partial charge on any atom is -0.493 e. The van der Waals surface area contributed by atoms with Crippen molar-refractivity contribution in [2.45, 2.75) is 6.92 Å². The second-order valence-corrected chi connectivity index (χ2v) is 4.94. The molecule has 0 saturated heterocycles. The van der Waals surface area contributed by atoms with Crippen molar-refractivity contribution in [2.75, 3.05) is 14.1 Å². The van der Waals surface area contributed by atoms with Crippen LogP contribution in [0.2, 0.25) is 0 Å². The fraction of sp³-hybridized carbons (Fsp3) is 0.308. The number of azo groups is 1. The van der Waals surface area contributed by atoms with Gasteiger partial charge in [0.05, 0.1) is 5.52 Å². The van der Waals surface area contributed by atoms with E-state index in [4.69, 9.17) is 12.2 Å². The summed E-state index contributed by atoms with van der Waals surface area (Å²) in [4.78, 5) is 1.69. The highest BCUT2D eigenvalue weighted by molar-refractivity contribution is 7.80. The Labute approximate surface area is 117 Å². The molecule has 6 heteroatoms. The molecule has 0 fully saturated rings. The van der Waals surface area contributed by atoms with Crippen LogP contribution in [-0.2, 0) is 7.05 Å². The lowest BCUT2D eigenvalue weighted by atomic mass is 10.1. The molecule has 0 radical (unpaired) electrons. The monoisotopic (exact) mass is 276 g/mol. The third kappa shape index (κ3) is 2.31. The summed E-state index contributed by atoms with van der Waals surface area (Å²) < 4.78 is 1.69. The van der Waals surface area contributed by atoms with Gasteiger partial charge in [0.2, 0.25) is 11.0 Å². The zero-order valence-corrected chi connectivity index (χ0v) is 12.2. The number of hydrogen-bond acceptors (Lipinski definition) is 3. The van der Waals surface area contributed by atoms with E-state index in [1.807, 2.05) is 25.1 Å². The summed E-state index contributed by atoms with van der Waals surface area (Å²) in [5.74, 6) is 0.0922.